The Morgan fingerprint density at radius 3 is 2.69 bits per heavy atom. The number of nitrogens with zero attached hydrogens (tertiary/aromatic N) is 1. The molecule has 0 radical (unpaired) electrons. The van der Waals surface area contributed by atoms with Gasteiger partial charge in [-0.1, -0.05) is 0 Å². The highest BCUT2D eigenvalue weighted by Crippen LogP contribution is 2.51. The van der Waals surface area contributed by atoms with E-state index in [-0.39, 0.29) is 19.0 Å². The van der Waals surface area contributed by atoms with Gasteiger partial charge in [0.25, 0.3) is 0 Å². The molecule has 5 nitrogen and oxygen atoms in total. The molecule has 1 saturated heterocycles. The Balaban J connectivity index is 1.74. The van der Waals surface area contributed by atoms with Crippen molar-refractivity contribution in [3.63, 3.8) is 0 Å². The summed E-state index contributed by atoms with van der Waals surface area (Å²) in [6.07, 6.45) is 4.79. The van der Waals surface area contributed by atoms with E-state index in [0.717, 1.165) is 19.5 Å². The molecule has 1 aliphatic heterocycles. The predicted octanol–water partition coefficient (Wildman–Crippen LogP) is 1.05. The van der Waals surface area contributed by atoms with Gasteiger partial charge in [-0.3, -0.25) is 4.79 Å². The molecule has 0 unspecified atom stereocenters. The molecule has 1 heterocycles. The SMILES string of the molecule is O=C(O)CCNC(=O)N1CCCC2(CC2)C1. The lowest BCUT2D eigenvalue weighted by molar-refractivity contribution is -0.136. The maximum Gasteiger partial charge on any atom is 0.317 e. The van der Waals surface area contributed by atoms with Crippen molar-refractivity contribution in [1.82, 2.24) is 10.2 Å². The van der Waals surface area contributed by atoms with Gasteiger partial charge in [0.05, 0.1) is 6.42 Å². The Hall–Kier alpha value is -1.26. The van der Waals surface area contributed by atoms with Crippen LogP contribution in [0.25, 0.3) is 0 Å². The average molecular weight is 226 g/mol. The monoisotopic (exact) mass is 226 g/mol. The second-order valence-electron chi connectivity index (χ2n) is 4.90. The molecule has 1 spiro atoms. The van der Waals surface area contributed by atoms with Crippen molar-refractivity contribution >= 4 is 12.0 Å². The number of carboxylic acid groups (broad SMARTS) is 1. The van der Waals surface area contributed by atoms with Gasteiger partial charge < -0.3 is 15.3 Å². The van der Waals surface area contributed by atoms with Crippen LogP contribution < -0.4 is 5.32 Å². The summed E-state index contributed by atoms with van der Waals surface area (Å²) in [5.74, 6) is -0.877. The standard InChI is InChI=1S/C11H18N2O3/c14-9(15)2-6-12-10(16)13-7-1-3-11(8-13)4-5-11/h1-8H2,(H,12,16)(H,14,15). The minimum atomic E-state index is -0.877. The molecule has 0 aromatic rings. The highest BCUT2D eigenvalue weighted by Gasteiger charge is 2.46. The number of urea groups is 1. The molecule has 2 amide bonds. The Kier molecular flexibility index (Phi) is 3.03. The highest BCUT2D eigenvalue weighted by molar-refractivity contribution is 5.75. The van der Waals surface area contributed by atoms with Crippen molar-refractivity contribution in [3.8, 4) is 0 Å². The fourth-order valence-electron chi connectivity index (χ4n) is 2.35. The normalized spacial score (nSPS) is 21.9. The maximum absolute atomic E-state index is 11.7. The number of nitrogens with one attached hydrogen (secondary N) is 1. The molecule has 1 saturated carbocycles. The van der Waals surface area contributed by atoms with Gasteiger partial charge in [-0.25, -0.2) is 4.79 Å². The number of amides is 2. The van der Waals surface area contributed by atoms with Crippen molar-refractivity contribution in [2.24, 2.45) is 5.41 Å². The summed E-state index contributed by atoms with van der Waals surface area (Å²) in [7, 11) is 0. The smallest absolute Gasteiger partial charge is 0.317 e. The summed E-state index contributed by atoms with van der Waals surface area (Å²) < 4.78 is 0. The summed E-state index contributed by atoms with van der Waals surface area (Å²) in [5.41, 5.74) is 0.419. The predicted molar refractivity (Wildman–Crippen MR) is 58.1 cm³/mol. The number of hydrogen-bond acceptors (Lipinski definition) is 2. The highest BCUT2D eigenvalue weighted by atomic mass is 16.4. The van der Waals surface area contributed by atoms with Gasteiger partial charge in [0, 0.05) is 19.6 Å². The van der Waals surface area contributed by atoms with Gasteiger partial charge in [-0.05, 0) is 31.1 Å². The number of likely N-dealkylation sites (tertiary alicyclic amines) is 1. The molecule has 2 rings (SSSR count). The first kappa shape index (κ1) is 11.2. The summed E-state index contributed by atoms with van der Waals surface area (Å²) in [4.78, 5) is 23.9. The minimum absolute atomic E-state index is 0.00920. The first-order chi connectivity index (χ1) is 7.61. The van der Waals surface area contributed by atoms with Crippen LogP contribution >= 0.6 is 0 Å². The van der Waals surface area contributed by atoms with E-state index in [1.165, 1.54) is 19.3 Å². The van der Waals surface area contributed by atoms with Crippen molar-refractivity contribution in [3.05, 3.63) is 0 Å². The fraction of sp³-hybridized carbons (Fsp3) is 0.818. The van der Waals surface area contributed by atoms with Crippen LogP contribution in [0.1, 0.15) is 32.1 Å². The number of carboxylic acids is 1. The zero-order valence-electron chi connectivity index (χ0n) is 9.37. The molecular weight excluding hydrogens is 208 g/mol. The summed E-state index contributed by atoms with van der Waals surface area (Å²) >= 11 is 0. The van der Waals surface area contributed by atoms with Crippen LogP contribution in [-0.2, 0) is 4.79 Å². The lowest BCUT2D eigenvalue weighted by atomic mass is 9.95. The summed E-state index contributed by atoms with van der Waals surface area (Å²) in [5, 5.41) is 11.1. The van der Waals surface area contributed by atoms with E-state index in [9.17, 15) is 9.59 Å². The first-order valence-electron chi connectivity index (χ1n) is 5.86. The van der Waals surface area contributed by atoms with Crippen LogP contribution in [0.3, 0.4) is 0 Å². The number of piperidine rings is 1. The van der Waals surface area contributed by atoms with E-state index in [0.29, 0.717) is 5.41 Å². The molecule has 2 fully saturated rings. The van der Waals surface area contributed by atoms with E-state index in [1.54, 1.807) is 0 Å². The van der Waals surface area contributed by atoms with Crippen LogP contribution in [-0.4, -0.2) is 41.6 Å². The topological polar surface area (TPSA) is 69.6 Å². The van der Waals surface area contributed by atoms with E-state index < -0.39 is 5.97 Å². The molecule has 5 heteroatoms. The number of hydrogen-bond donors (Lipinski definition) is 2. The third-order valence-electron chi connectivity index (χ3n) is 3.52. The second-order valence-corrected chi connectivity index (χ2v) is 4.90. The molecule has 90 valence electrons. The van der Waals surface area contributed by atoms with E-state index in [4.69, 9.17) is 5.11 Å². The zero-order chi connectivity index (χ0) is 11.6. The first-order valence-corrected chi connectivity index (χ1v) is 5.86. The van der Waals surface area contributed by atoms with Crippen molar-refractivity contribution in [2.45, 2.75) is 32.1 Å². The Labute approximate surface area is 94.8 Å². The van der Waals surface area contributed by atoms with Gasteiger partial charge in [0.1, 0.15) is 0 Å². The molecule has 0 aromatic heterocycles. The molecule has 0 bridgehead atoms. The van der Waals surface area contributed by atoms with Crippen LogP contribution in [0.2, 0.25) is 0 Å². The molecular formula is C11H18N2O3. The second kappa shape index (κ2) is 4.31. The molecule has 0 aromatic carbocycles. The fourth-order valence-corrected chi connectivity index (χ4v) is 2.35. The van der Waals surface area contributed by atoms with Gasteiger partial charge in [-0.2, -0.15) is 0 Å². The third-order valence-corrected chi connectivity index (χ3v) is 3.52. The molecule has 1 aliphatic carbocycles. The quantitative estimate of drug-likeness (QED) is 0.755. The Morgan fingerprint density at radius 2 is 2.06 bits per heavy atom. The van der Waals surface area contributed by atoms with E-state index >= 15 is 0 Å². The van der Waals surface area contributed by atoms with Crippen molar-refractivity contribution in [2.75, 3.05) is 19.6 Å². The average Bonchev–Trinajstić information content (AvgIpc) is 2.97. The number of aliphatic carboxylic acids is 1. The van der Waals surface area contributed by atoms with Gasteiger partial charge >= 0.3 is 12.0 Å². The van der Waals surface area contributed by atoms with Crippen molar-refractivity contribution < 1.29 is 14.7 Å². The summed E-state index contributed by atoms with van der Waals surface area (Å²) in [6.45, 7) is 1.88. The number of rotatable bonds is 3. The van der Waals surface area contributed by atoms with Crippen molar-refractivity contribution in [1.29, 1.82) is 0 Å². The molecule has 16 heavy (non-hydrogen) atoms. The van der Waals surface area contributed by atoms with E-state index in [1.807, 2.05) is 4.90 Å². The van der Waals surface area contributed by atoms with Crippen LogP contribution in [0, 0.1) is 5.41 Å². The number of carbonyl (C=O) groups is 2. The van der Waals surface area contributed by atoms with Crippen LogP contribution in [0.15, 0.2) is 0 Å². The third kappa shape index (κ3) is 2.65. The lowest BCUT2D eigenvalue weighted by Gasteiger charge is -2.32. The molecule has 2 aliphatic rings. The number of carbonyl (C=O) groups excluding carboxylic acids is 1. The Morgan fingerprint density at radius 1 is 1.31 bits per heavy atom. The van der Waals surface area contributed by atoms with Crippen LogP contribution in [0.5, 0.6) is 0 Å². The zero-order valence-corrected chi connectivity index (χ0v) is 9.37. The summed E-state index contributed by atoms with van der Waals surface area (Å²) in [6, 6.07) is -0.104. The largest absolute Gasteiger partial charge is 0.481 e. The minimum Gasteiger partial charge on any atom is -0.481 e. The van der Waals surface area contributed by atoms with Crippen LogP contribution in [0.4, 0.5) is 4.79 Å². The maximum atomic E-state index is 11.7. The molecule has 2 N–H and O–H groups in total. The van der Waals surface area contributed by atoms with Gasteiger partial charge in [-0.15, -0.1) is 0 Å². The lowest BCUT2D eigenvalue weighted by Crippen LogP contribution is -2.46. The Bertz CT molecular complexity index is 300. The van der Waals surface area contributed by atoms with E-state index in [2.05, 4.69) is 5.32 Å². The van der Waals surface area contributed by atoms with Gasteiger partial charge in [0.2, 0.25) is 0 Å². The molecule has 0 atom stereocenters. The van der Waals surface area contributed by atoms with Gasteiger partial charge in [0.15, 0.2) is 0 Å².